The fourth-order valence-corrected chi connectivity index (χ4v) is 3.87. The maximum Gasteiger partial charge on any atom is 0.275 e. The zero-order valence-corrected chi connectivity index (χ0v) is 16.4. The fraction of sp³-hybridized carbons (Fsp3) is 0.333. The molecule has 3 heterocycles. The molecule has 30 heavy (non-hydrogen) atoms. The molecule has 4 rings (SSSR count). The van der Waals surface area contributed by atoms with E-state index in [9.17, 15) is 14.4 Å². The second-order valence-corrected chi connectivity index (χ2v) is 7.30. The first-order valence-electron chi connectivity index (χ1n) is 9.88. The van der Waals surface area contributed by atoms with Crippen molar-refractivity contribution in [3.63, 3.8) is 0 Å². The molecular weight excluding hydrogens is 386 g/mol. The van der Waals surface area contributed by atoms with Gasteiger partial charge in [-0.05, 0) is 44.1 Å². The predicted octanol–water partition coefficient (Wildman–Crippen LogP) is 1.04. The SMILES string of the molecule is NC(=O)c1nn(CC(=O)NCC(c2ccco2)N2CCCC2)c(=O)c2ccccc12. The smallest absolute Gasteiger partial charge is 0.275 e. The van der Waals surface area contributed by atoms with E-state index in [1.54, 1.807) is 30.5 Å². The number of primary amides is 1. The summed E-state index contributed by atoms with van der Waals surface area (Å²) in [4.78, 5) is 39.4. The van der Waals surface area contributed by atoms with E-state index in [4.69, 9.17) is 10.2 Å². The van der Waals surface area contributed by atoms with Gasteiger partial charge >= 0.3 is 0 Å². The molecule has 1 aromatic carbocycles. The molecule has 0 aliphatic carbocycles. The lowest BCUT2D eigenvalue weighted by Gasteiger charge is -2.26. The van der Waals surface area contributed by atoms with Gasteiger partial charge in [-0.3, -0.25) is 19.3 Å². The highest BCUT2D eigenvalue weighted by Gasteiger charge is 2.26. The zero-order chi connectivity index (χ0) is 21.1. The molecule has 2 amide bonds. The summed E-state index contributed by atoms with van der Waals surface area (Å²) in [5.41, 5.74) is 4.93. The molecule has 0 bridgehead atoms. The molecule has 9 heteroatoms. The van der Waals surface area contributed by atoms with Crippen molar-refractivity contribution in [1.29, 1.82) is 0 Å². The third-order valence-electron chi connectivity index (χ3n) is 5.34. The summed E-state index contributed by atoms with van der Waals surface area (Å²) in [6, 6.07) is 10.2. The van der Waals surface area contributed by atoms with E-state index in [0.717, 1.165) is 36.4 Å². The topological polar surface area (TPSA) is 123 Å². The minimum Gasteiger partial charge on any atom is -0.468 e. The first kappa shape index (κ1) is 19.8. The number of hydrogen-bond donors (Lipinski definition) is 2. The van der Waals surface area contributed by atoms with Crippen LogP contribution in [-0.2, 0) is 11.3 Å². The van der Waals surface area contributed by atoms with Gasteiger partial charge in [0.05, 0.1) is 17.7 Å². The van der Waals surface area contributed by atoms with Crippen molar-refractivity contribution in [1.82, 2.24) is 20.0 Å². The minimum atomic E-state index is -0.757. The van der Waals surface area contributed by atoms with Crippen molar-refractivity contribution in [2.45, 2.75) is 25.4 Å². The van der Waals surface area contributed by atoms with E-state index in [1.807, 2.05) is 12.1 Å². The van der Waals surface area contributed by atoms with Crippen LogP contribution in [0.5, 0.6) is 0 Å². The lowest BCUT2D eigenvalue weighted by Crippen LogP contribution is -2.40. The molecule has 1 unspecified atom stereocenters. The van der Waals surface area contributed by atoms with Crippen molar-refractivity contribution in [2.24, 2.45) is 5.73 Å². The van der Waals surface area contributed by atoms with Crippen molar-refractivity contribution >= 4 is 22.6 Å². The standard InChI is InChI=1S/C21H23N5O4/c22-20(28)19-14-6-1-2-7-15(14)21(29)26(24-19)13-18(27)23-12-16(17-8-5-11-30-17)25-9-3-4-10-25/h1-2,5-8,11,16H,3-4,9-10,12-13H2,(H2,22,28)(H,23,27). The zero-order valence-electron chi connectivity index (χ0n) is 16.4. The van der Waals surface area contributed by atoms with Crippen LogP contribution < -0.4 is 16.6 Å². The summed E-state index contributed by atoms with van der Waals surface area (Å²) in [5.74, 6) is -0.354. The van der Waals surface area contributed by atoms with Crippen LogP contribution in [0.25, 0.3) is 10.8 Å². The van der Waals surface area contributed by atoms with Crippen molar-refractivity contribution < 1.29 is 14.0 Å². The van der Waals surface area contributed by atoms with Gasteiger partial charge in [0.2, 0.25) is 5.91 Å². The van der Waals surface area contributed by atoms with Crippen molar-refractivity contribution in [2.75, 3.05) is 19.6 Å². The molecule has 3 N–H and O–H groups in total. The third kappa shape index (κ3) is 3.97. The Labute approximate surface area is 172 Å². The Balaban J connectivity index is 1.52. The van der Waals surface area contributed by atoms with Crippen LogP contribution in [0.4, 0.5) is 0 Å². The minimum absolute atomic E-state index is 0.0384. The average molecular weight is 409 g/mol. The average Bonchev–Trinajstić information content (AvgIpc) is 3.45. The van der Waals surface area contributed by atoms with Crippen LogP contribution in [0.1, 0.15) is 35.1 Å². The third-order valence-corrected chi connectivity index (χ3v) is 5.34. The van der Waals surface area contributed by atoms with Gasteiger partial charge in [0.15, 0.2) is 5.69 Å². The Morgan fingerprint density at radius 2 is 1.87 bits per heavy atom. The first-order chi connectivity index (χ1) is 14.5. The van der Waals surface area contributed by atoms with Gasteiger partial charge in [0, 0.05) is 11.9 Å². The number of aromatic nitrogens is 2. The molecule has 0 radical (unpaired) electrons. The lowest BCUT2D eigenvalue weighted by atomic mass is 10.1. The molecule has 9 nitrogen and oxygen atoms in total. The van der Waals surface area contributed by atoms with Gasteiger partial charge < -0.3 is 15.5 Å². The van der Waals surface area contributed by atoms with Gasteiger partial charge in [-0.1, -0.05) is 18.2 Å². The van der Waals surface area contributed by atoms with E-state index >= 15 is 0 Å². The van der Waals surface area contributed by atoms with Gasteiger partial charge in [0.1, 0.15) is 12.3 Å². The van der Waals surface area contributed by atoms with Crippen LogP contribution in [0.15, 0.2) is 51.9 Å². The predicted molar refractivity (Wildman–Crippen MR) is 110 cm³/mol. The van der Waals surface area contributed by atoms with Gasteiger partial charge in [0.25, 0.3) is 11.5 Å². The van der Waals surface area contributed by atoms with Gasteiger partial charge in [-0.15, -0.1) is 0 Å². The highest BCUT2D eigenvalue weighted by atomic mass is 16.3. The highest BCUT2D eigenvalue weighted by Crippen LogP contribution is 2.24. The molecule has 0 spiro atoms. The molecule has 0 saturated carbocycles. The Morgan fingerprint density at radius 3 is 2.53 bits per heavy atom. The molecule has 3 aromatic rings. The Bertz CT molecular complexity index is 1120. The van der Waals surface area contributed by atoms with Crippen molar-refractivity contribution in [3.8, 4) is 0 Å². The van der Waals surface area contributed by atoms with E-state index in [2.05, 4.69) is 15.3 Å². The van der Waals surface area contributed by atoms with E-state index < -0.39 is 11.5 Å². The normalized spacial score (nSPS) is 15.3. The molecule has 1 saturated heterocycles. The number of likely N-dealkylation sites (tertiary alicyclic amines) is 1. The summed E-state index contributed by atoms with van der Waals surface area (Å²) >= 11 is 0. The van der Waals surface area contributed by atoms with E-state index in [-0.39, 0.29) is 24.2 Å². The van der Waals surface area contributed by atoms with Crippen LogP contribution in [0, 0.1) is 0 Å². The first-order valence-corrected chi connectivity index (χ1v) is 9.88. The molecule has 1 atom stereocenters. The maximum absolute atomic E-state index is 12.7. The summed E-state index contributed by atoms with van der Waals surface area (Å²) in [5, 5.41) is 7.56. The summed E-state index contributed by atoms with van der Waals surface area (Å²) in [7, 11) is 0. The van der Waals surface area contributed by atoms with Crippen LogP contribution >= 0.6 is 0 Å². The van der Waals surface area contributed by atoms with Crippen LogP contribution in [0.2, 0.25) is 0 Å². The van der Waals surface area contributed by atoms with Gasteiger partial charge in [-0.2, -0.15) is 5.10 Å². The molecule has 1 aliphatic rings. The number of rotatable bonds is 7. The quantitative estimate of drug-likeness (QED) is 0.601. The molecule has 2 aromatic heterocycles. The number of nitrogens with one attached hydrogen (secondary N) is 1. The monoisotopic (exact) mass is 409 g/mol. The summed E-state index contributed by atoms with van der Waals surface area (Å²) in [6.07, 6.45) is 3.83. The lowest BCUT2D eigenvalue weighted by molar-refractivity contribution is -0.122. The summed E-state index contributed by atoms with van der Waals surface area (Å²) < 4.78 is 6.54. The van der Waals surface area contributed by atoms with Crippen molar-refractivity contribution in [3.05, 3.63) is 64.5 Å². The van der Waals surface area contributed by atoms with E-state index in [0.29, 0.717) is 17.3 Å². The summed E-state index contributed by atoms with van der Waals surface area (Å²) in [6.45, 7) is 1.91. The number of nitrogens with zero attached hydrogens (tertiary/aromatic N) is 3. The van der Waals surface area contributed by atoms with Crippen LogP contribution in [-0.4, -0.2) is 46.1 Å². The number of nitrogens with two attached hydrogens (primary N) is 1. The number of hydrogen-bond acceptors (Lipinski definition) is 6. The largest absolute Gasteiger partial charge is 0.468 e. The number of benzene rings is 1. The Hall–Kier alpha value is -3.46. The molecule has 1 aliphatic heterocycles. The number of furan rings is 1. The molecule has 156 valence electrons. The molecule has 1 fully saturated rings. The molecular formula is C21H23N5O4. The second-order valence-electron chi connectivity index (χ2n) is 7.30. The van der Waals surface area contributed by atoms with Gasteiger partial charge in [-0.25, -0.2) is 4.68 Å². The fourth-order valence-electron chi connectivity index (χ4n) is 3.87. The number of amides is 2. The Kier molecular flexibility index (Phi) is 5.62. The number of carbonyl (C=O) groups is 2. The highest BCUT2D eigenvalue weighted by molar-refractivity contribution is 6.04. The number of carbonyl (C=O) groups excluding carboxylic acids is 2. The van der Waals surface area contributed by atoms with E-state index in [1.165, 1.54) is 0 Å². The second kappa shape index (κ2) is 8.50. The number of fused-ring (bicyclic) bond motifs is 1. The van der Waals surface area contributed by atoms with Crippen LogP contribution in [0.3, 0.4) is 0 Å². The Morgan fingerprint density at radius 1 is 1.13 bits per heavy atom. The maximum atomic E-state index is 12.7.